The zero-order valence-corrected chi connectivity index (χ0v) is 11.1. The highest BCUT2D eigenvalue weighted by Crippen LogP contribution is 2.28. The molecule has 2 unspecified atom stereocenters. The van der Waals surface area contributed by atoms with Crippen LogP contribution < -0.4 is 0 Å². The number of hydrogen-bond donors (Lipinski definition) is 0. The monoisotopic (exact) mass is 270 g/mol. The van der Waals surface area contributed by atoms with E-state index in [9.17, 15) is 19.2 Å². The Hall–Kier alpha value is -1.72. The van der Waals surface area contributed by atoms with E-state index in [1.54, 1.807) is 13.8 Å². The molecule has 1 rings (SSSR count). The summed E-state index contributed by atoms with van der Waals surface area (Å²) in [4.78, 5) is 46.4. The lowest BCUT2D eigenvalue weighted by atomic mass is 9.78. The molecule has 0 aromatic carbocycles. The fourth-order valence-corrected chi connectivity index (χ4v) is 2.10. The van der Waals surface area contributed by atoms with E-state index in [4.69, 9.17) is 4.74 Å². The van der Waals surface area contributed by atoms with Gasteiger partial charge in [-0.2, -0.15) is 0 Å². The molecule has 0 saturated heterocycles. The summed E-state index contributed by atoms with van der Waals surface area (Å²) in [5.74, 6) is -4.16. The van der Waals surface area contributed by atoms with E-state index >= 15 is 0 Å². The van der Waals surface area contributed by atoms with Gasteiger partial charge in [0.2, 0.25) is 5.78 Å². The molecular formula is C13H18O6. The number of ketones is 2. The second-order valence-electron chi connectivity index (χ2n) is 4.33. The number of Topliss-reactive ketones (excluding diaryl/α,β-unsaturated/α-hetero) is 2. The smallest absolute Gasteiger partial charge is 0.375 e. The van der Waals surface area contributed by atoms with Crippen molar-refractivity contribution in [1.82, 2.24) is 0 Å². The van der Waals surface area contributed by atoms with Crippen LogP contribution in [0.5, 0.6) is 0 Å². The number of hydrogen-bond acceptors (Lipinski definition) is 6. The first kappa shape index (κ1) is 15.3. The van der Waals surface area contributed by atoms with E-state index in [0.29, 0.717) is 6.42 Å². The van der Waals surface area contributed by atoms with Crippen molar-refractivity contribution >= 4 is 23.5 Å². The lowest BCUT2D eigenvalue weighted by Crippen LogP contribution is -2.38. The fraction of sp³-hybridized carbons (Fsp3) is 0.692. The van der Waals surface area contributed by atoms with Crippen LogP contribution in [0.4, 0.5) is 0 Å². The maximum atomic E-state index is 11.8. The van der Waals surface area contributed by atoms with E-state index in [1.165, 1.54) is 0 Å². The molecule has 0 aromatic heterocycles. The van der Waals surface area contributed by atoms with E-state index in [-0.39, 0.29) is 31.8 Å². The Morgan fingerprint density at radius 1 is 1.16 bits per heavy atom. The van der Waals surface area contributed by atoms with Gasteiger partial charge in [-0.15, -0.1) is 0 Å². The van der Waals surface area contributed by atoms with Gasteiger partial charge in [-0.05, 0) is 26.7 Å². The van der Waals surface area contributed by atoms with Crippen LogP contribution in [0.3, 0.4) is 0 Å². The SMILES string of the molecule is CCOC(=O)C(=O)C1CC(C(=O)OCC)CCC1=O. The summed E-state index contributed by atoms with van der Waals surface area (Å²) in [6.07, 6.45) is 0.513. The van der Waals surface area contributed by atoms with Crippen molar-refractivity contribution in [3.8, 4) is 0 Å². The molecule has 0 spiro atoms. The van der Waals surface area contributed by atoms with Crippen LogP contribution in [-0.2, 0) is 28.7 Å². The van der Waals surface area contributed by atoms with Crippen molar-refractivity contribution in [2.45, 2.75) is 33.1 Å². The first-order valence-electron chi connectivity index (χ1n) is 6.41. The predicted molar refractivity (Wildman–Crippen MR) is 64.1 cm³/mol. The van der Waals surface area contributed by atoms with Gasteiger partial charge in [-0.1, -0.05) is 0 Å². The summed E-state index contributed by atoms with van der Waals surface area (Å²) in [7, 11) is 0. The average Bonchev–Trinajstić information content (AvgIpc) is 2.39. The van der Waals surface area contributed by atoms with E-state index < -0.39 is 29.6 Å². The lowest BCUT2D eigenvalue weighted by molar-refractivity contribution is -0.159. The Morgan fingerprint density at radius 3 is 2.37 bits per heavy atom. The first-order valence-corrected chi connectivity index (χ1v) is 6.41. The van der Waals surface area contributed by atoms with E-state index in [0.717, 1.165) is 0 Å². The summed E-state index contributed by atoms with van der Waals surface area (Å²) in [5, 5.41) is 0. The third-order valence-electron chi connectivity index (χ3n) is 3.06. The van der Waals surface area contributed by atoms with Crippen molar-refractivity contribution in [2.24, 2.45) is 11.8 Å². The standard InChI is InChI=1S/C13H18O6/c1-3-18-12(16)8-5-6-10(14)9(7-8)11(15)13(17)19-4-2/h8-9H,3-7H2,1-2H3. The fourth-order valence-electron chi connectivity index (χ4n) is 2.10. The van der Waals surface area contributed by atoms with Crippen LogP contribution in [0.2, 0.25) is 0 Å². The molecule has 1 aliphatic rings. The molecule has 1 saturated carbocycles. The largest absolute Gasteiger partial charge is 0.466 e. The molecule has 6 nitrogen and oxygen atoms in total. The Balaban J connectivity index is 2.70. The Labute approximate surface area is 111 Å². The van der Waals surface area contributed by atoms with Crippen LogP contribution in [0.15, 0.2) is 0 Å². The van der Waals surface area contributed by atoms with E-state index in [1.807, 2.05) is 0 Å². The first-order chi connectivity index (χ1) is 9.01. The van der Waals surface area contributed by atoms with Crippen LogP contribution in [0, 0.1) is 11.8 Å². The van der Waals surface area contributed by atoms with Gasteiger partial charge in [-0.25, -0.2) is 4.79 Å². The molecule has 19 heavy (non-hydrogen) atoms. The summed E-state index contributed by atoms with van der Waals surface area (Å²) >= 11 is 0. The summed E-state index contributed by atoms with van der Waals surface area (Å²) in [6.45, 7) is 3.59. The zero-order chi connectivity index (χ0) is 14.4. The number of carbonyl (C=O) groups excluding carboxylic acids is 4. The van der Waals surface area contributed by atoms with Crippen LogP contribution in [0.1, 0.15) is 33.1 Å². The maximum Gasteiger partial charge on any atom is 0.375 e. The Bertz CT molecular complexity index is 387. The van der Waals surface area contributed by atoms with Crippen molar-refractivity contribution in [3.05, 3.63) is 0 Å². The molecule has 0 radical (unpaired) electrons. The second kappa shape index (κ2) is 7.01. The van der Waals surface area contributed by atoms with Gasteiger partial charge in [0.15, 0.2) is 0 Å². The van der Waals surface area contributed by atoms with Gasteiger partial charge in [0.1, 0.15) is 5.78 Å². The van der Waals surface area contributed by atoms with Gasteiger partial charge >= 0.3 is 11.9 Å². The number of ether oxygens (including phenoxy) is 2. The molecule has 0 aliphatic heterocycles. The average molecular weight is 270 g/mol. The summed E-state index contributed by atoms with van der Waals surface area (Å²) in [6, 6.07) is 0. The van der Waals surface area contributed by atoms with Gasteiger partial charge < -0.3 is 9.47 Å². The molecule has 0 heterocycles. The lowest BCUT2D eigenvalue weighted by Gasteiger charge is -2.25. The third-order valence-corrected chi connectivity index (χ3v) is 3.06. The zero-order valence-electron chi connectivity index (χ0n) is 11.1. The number of rotatable bonds is 5. The molecule has 0 bridgehead atoms. The molecule has 6 heteroatoms. The normalized spacial score (nSPS) is 22.7. The quantitative estimate of drug-likeness (QED) is 0.414. The second-order valence-corrected chi connectivity index (χ2v) is 4.33. The highest BCUT2D eigenvalue weighted by Gasteiger charge is 2.40. The van der Waals surface area contributed by atoms with Crippen LogP contribution in [0.25, 0.3) is 0 Å². The van der Waals surface area contributed by atoms with Crippen molar-refractivity contribution in [1.29, 1.82) is 0 Å². The summed E-state index contributed by atoms with van der Waals surface area (Å²) < 4.78 is 9.47. The predicted octanol–water partition coefficient (Wildman–Crippen LogP) is 0.667. The molecule has 0 amide bonds. The van der Waals surface area contributed by atoms with Crippen molar-refractivity contribution < 1.29 is 28.7 Å². The third kappa shape index (κ3) is 3.87. The Morgan fingerprint density at radius 2 is 1.79 bits per heavy atom. The number of esters is 2. The number of carbonyl (C=O) groups is 4. The topological polar surface area (TPSA) is 86.7 Å². The maximum absolute atomic E-state index is 11.8. The minimum atomic E-state index is -1.07. The van der Waals surface area contributed by atoms with Gasteiger partial charge in [0.25, 0.3) is 0 Å². The van der Waals surface area contributed by atoms with Crippen LogP contribution in [-0.4, -0.2) is 36.7 Å². The summed E-state index contributed by atoms with van der Waals surface area (Å²) in [5.41, 5.74) is 0. The van der Waals surface area contributed by atoms with Gasteiger partial charge in [-0.3, -0.25) is 14.4 Å². The van der Waals surface area contributed by atoms with Crippen molar-refractivity contribution in [2.75, 3.05) is 13.2 Å². The minimum absolute atomic E-state index is 0.0370. The molecule has 1 aliphatic carbocycles. The molecule has 0 N–H and O–H groups in total. The molecule has 2 atom stereocenters. The molecule has 1 fully saturated rings. The van der Waals surface area contributed by atoms with Gasteiger partial charge in [0, 0.05) is 6.42 Å². The minimum Gasteiger partial charge on any atom is -0.466 e. The highest BCUT2D eigenvalue weighted by molar-refractivity contribution is 6.38. The van der Waals surface area contributed by atoms with Crippen LogP contribution >= 0.6 is 0 Å². The molecular weight excluding hydrogens is 252 g/mol. The van der Waals surface area contributed by atoms with E-state index in [2.05, 4.69) is 4.74 Å². The van der Waals surface area contributed by atoms with Crippen molar-refractivity contribution in [3.63, 3.8) is 0 Å². The Kier molecular flexibility index (Phi) is 5.66. The molecule has 0 aromatic rings. The molecule has 106 valence electrons. The highest BCUT2D eigenvalue weighted by atomic mass is 16.5. The van der Waals surface area contributed by atoms with Gasteiger partial charge in [0.05, 0.1) is 25.0 Å².